The molecule has 0 spiro atoms. The summed E-state index contributed by atoms with van der Waals surface area (Å²) in [6.45, 7) is 1.66. The molecule has 2 aromatic heterocycles. The first-order valence-corrected chi connectivity index (χ1v) is 5.45. The molecular weight excluding hydrogens is 266 g/mol. The van der Waals surface area contributed by atoms with E-state index < -0.39 is 11.9 Å². The van der Waals surface area contributed by atoms with Crippen LogP contribution in [0.3, 0.4) is 0 Å². The molecule has 20 heavy (non-hydrogen) atoms. The van der Waals surface area contributed by atoms with Gasteiger partial charge in [0.05, 0.1) is 19.0 Å². The second-order valence-electron chi connectivity index (χ2n) is 3.87. The maximum absolute atomic E-state index is 11.4. The molecular formula is C11H11N5O4. The quantitative estimate of drug-likeness (QED) is 0.751. The summed E-state index contributed by atoms with van der Waals surface area (Å²) in [6.07, 6.45) is 1.30. The number of hydrogen-bond donors (Lipinski definition) is 2. The van der Waals surface area contributed by atoms with Crippen molar-refractivity contribution in [1.29, 1.82) is 0 Å². The van der Waals surface area contributed by atoms with Crippen molar-refractivity contribution in [2.75, 3.05) is 12.8 Å². The van der Waals surface area contributed by atoms with E-state index in [1.807, 2.05) is 0 Å². The number of carbonyl (C=O) groups is 2. The van der Waals surface area contributed by atoms with Crippen molar-refractivity contribution in [1.82, 2.24) is 19.7 Å². The molecule has 0 aliphatic rings. The van der Waals surface area contributed by atoms with Crippen LogP contribution >= 0.6 is 0 Å². The third-order valence-electron chi connectivity index (χ3n) is 2.39. The molecule has 2 rings (SSSR count). The number of methoxy groups -OCH3 is 1. The zero-order valence-corrected chi connectivity index (χ0v) is 10.7. The highest BCUT2D eigenvalue weighted by molar-refractivity contribution is 5.91. The van der Waals surface area contributed by atoms with Gasteiger partial charge >= 0.3 is 11.9 Å². The van der Waals surface area contributed by atoms with Crippen molar-refractivity contribution in [2.24, 2.45) is 0 Å². The predicted octanol–water partition coefficient (Wildman–Crippen LogP) is 0.0377. The summed E-state index contributed by atoms with van der Waals surface area (Å²) < 4.78 is 5.70. The Morgan fingerprint density at radius 1 is 1.40 bits per heavy atom. The Morgan fingerprint density at radius 2 is 2.10 bits per heavy atom. The Kier molecular flexibility index (Phi) is 3.34. The zero-order valence-electron chi connectivity index (χ0n) is 10.7. The molecule has 104 valence electrons. The Hall–Kier alpha value is -2.97. The van der Waals surface area contributed by atoms with Crippen molar-refractivity contribution in [3.05, 3.63) is 29.5 Å². The maximum atomic E-state index is 11.4. The molecule has 0 fully saturated rings. The number of carboxylic acids is 1. The lowest BCUT2D eigenvalue weighted by Crippen LogP contribution is -2.12. The van der Waals surface area contributed by atoms with E-state index in [9.17, 15) is 9.59 Å². The van der Waals surface area contributed by atoms with Crippen LogP contribution in [-0.4, -0.2) is 43.9 Å². The van der Waals surface area contributed by atoms with E-state index in [0.717, 1.165) is 0 Å². The molecule has 0 aliphatic heterocycles. The number of ether oxygens (including phenoxy) is 1. The molecule has 0 amide bonds. The summed E-state index contributed by atoms with van der Waals surface area (Å²) in [5.41, 5.74) is 5.75. The number of rotatable bonds is 3. The van der Waals surface area contributed by atoms with Gasteiger partial charge in [-0.15, -0.1) is 0 Å². The van der Waals surface area contributed by atoms with Crippen LogP contribution < -0.4 is 5.73 Å². The Labute approximate surface area is 113 Å². The molecule has 0 saturated heterocycles. The maximum Gasteiger partial charge on any atom is 0.376 e. The first-order chi connectivity index (χ1) is 9.42. The molecule has 0 radical (unpaired) electrons. The number of hydrogen-bond acceptors (Lipinski definition) is 7. The molecule has 0 aromatic carbocycles. The highest BCUT2D eigenvalue weighted by Gasteiger charge is 2.17. The molecule has 9 nitrogen and oxygen atoms in total. The fourth-order valence-electron chi connectivity index (χ4n) is 1.52. The average molecular weight is 277 g/mol. The number of aromatic nitrogens is 4. The highest BCUT2D eigenvalue weighted by Crippen LogP contribution is 2.14. The molecule has 0 unspecified atom stereocenters. The number of esters is 1. The highest BCUT2D eigenvalue weighted by atomic mass is 16.5. The van der Waals surface area contributed by atoms with Crippen molar-refractivity contribution in [3.63, 3.8) is 0 Å². The second kappa shape index (κ2) is 4.96. The number of aromatic carboxylic acids is 1. The van der Waals surface area contributed by atoms with Gasteiger partial charge in [0.1, 0.15) is 0 Å². The van der Waals surface area contributed by atoms with E-state index in [-0.39, 0.29) is 23.0 Å². The van der Waals surface area contributed by atoms with Gasteiger partial charge in [0.25, 0.3) is 0 Å². The summed E-state index contributed by atoms with van der Waals surface area (Å²) in [7, 11) is 1.21. The van der Waals surface area contributed by atoms with Crippen LogP contribution in [-0.2, 0) is 4.74 Å². The molecule has 3 N–H and O–H groups in total. The molecule has 9 heteroatoms. The van der Waals surface area contributed by atoms with Gasteiger partial charge in [-0.25, -0.2) is 24.2 Å². The number of nitrogens with two attached hydrogens (primary N) is 1. The molecule has 0 saturated carbocycles. The normalized spacial score (nSPS) is 10.3. The van der Waals surface area contributed by atoms with Gasteiger partial charge in [0, 0.05) is 11.8 Å². The fraction of sp³-hybridized carbons (Fsp3) is 0.182. The van der Waals surface area contributed by atoms with E-state index in [1.54, 1.807) is 6.92 Å². The minimum absolute atomic E-state index is 0.00613. The number of carboxylic acid groups (broad SMARTS) is 1. The van der Waals surface area contributed by atoms with Gasteiger partial charge in [-0.2, -0.15) is 5.10 Å². The van der Waals surface area contributed by atoms with E-state index in [4.69, 9.17) is 10.8 Å². The molecule has 2 heterocycles. The average Bonchev–Trinajstić information content (AvgIpc) is 2.79. The number of anilines is 1. The van der Waals surface area contributed by atoms with Crippen LogP contribution in [0.25, 0.3) is 5.82 Å². The Morgan fingerprint density at radius 3 is 2.65 bits per heavy atom. The summed E-state index contributed by atoms with van der Waals surface area (Å²) in [5, 5.41) is 12.7. The van der Waals surface area contributed by atoms with E-state index in [2.05, 4.69) is 19.8 Å². The smallest absolute Gasteiger partial charge is 0.376 e. The minimum Gasteiger partial charge on any atom is -0.476 e. The molecule has 2 aromatic rings. The number of nitrogens with zero attached hydrogens (tertiary/aromatic N) is 4. The van der Waals surface area contributed by atoms with E-state index >= 15 is 0 Å². The first-order valence-electron chi connectivity index (χ1n) is 5.45. The van der Waals surface area contributed by atoms with Crippen LogP contribution in [0.15, 0.2) is 12.3 Å². The molecule has 0 bridgehead atoms. The Balaban J connectivity index is 2.52. The van der Waals surface area contributed by atoms with E-state index in [0.29, 0.717) is 5.69 Å². The van der Waals surface area contributed by atoms with Crippen molar-refractivity contribution in [2.45, 2.75) is 6.92 Å². The van der Waals surface area contributed by atoms with E-state index in [1.165, 1.54) is 24.1 Å². The summed E-state index contributed by atoms with van der Waals surface area (Å²) >= 11 is 0. The fourth-order valence-corrected chi connectivity index (χ4v) is 1.52. The standard InChI is InChI=1S/C11H11N5O4/c1-5-3-7(14-9(13-5)11(19)20-2)16-4-6(12)8(15-16)10(17)18/h3-4H,12H2,1-2H3,(H,17,18). The third-order valence-corrected chi connectivity index (χ3v) is 2.39. The van der Waals surface area contributed by atoms with Crippen LogP contribution in [0, 0.1) is 6.92 Å². The zero-order chi connectivity index (χ0) is 14.9. The topological polar surface area (TPSA) is 133 Å². The van der Waals surface area contributed by atoms with Crippen molar-refractivity contribution in [3.8, 4) is 5.82 Å². The van der Waals surface area contributed by atoms with Crippen LogP contribution in [0.2, 0.25) is 0 Å². The number of aryl methyl sites for hydroxylation is 1. The van der Waals surface area contributed by atoms with Crippen molar-refractivity contribution >= 4 is 17.6 Å². The van der Waals surface area contributed by atoms with Gasteiger partial charge in [-0.3, -0.25) is 0 Å². The lowest BCUT2D eigenvalue weighted by molar-refractivity contribution is 0.0585. The summed E-state index contributed by atoms with van der Waals surface area (Å²) in [4.78, 5) is 30.2. The monoisotopic (exact) mass is 277 g/mol. The molecule has 0 aliphatic carbocycles. The summed E-state index contributed by atoms with van der Waals surface area (Å²) in [6, 6.07) is 1.53. The second-order valence-corrected chi connectivity index (χ2v) is 3.87. The van der Waals surface area contributed by atoms with Crippen molar-refractivity contribution < 1.29 is 19.4 Å². The van der Waals surface area contributed by atoms with Gasteiger partial charge in [0.15, 0.2) is 11.5 Å². The number of nitrogen functional groups attached to an aromatic ring is 1. The summed E-state index contributed by atoms with van der Waals surface area (Å²) in [5.74, 6) is -1.88. The lowest BCUT2D eigenvalue weighted by atomic mass is 10.4. The predicted molar refractivity (Wildman–Crippen MR) is 66.6 cm³/mol. The minimum atomic E-state index is -1.25. The Bertz CT molecular complexity index is 694. The molecule has 0 atom stereocenters. The third kappa shape index (κ3) is 2.41. The van der Waals surface area contributed by atoms with Gasteiger partial charge < -0.3 is 15.6 Å². The largest absolute Gasteiger partial charge is 0.476 e. The SMILES string of the molecule is COC(=O)c1nc(C)cc(-n2cc(N)c(C(=O)O)n2)n1. The first kappa shape index (κ1) is 13.5. The number of carbonyl (C=O) groups excluding carboxylic acids is 1. The van der Waals surface area contributed by atoms with Gasteiger partial charge in [0.2, 0.25) is 5.82 Å². The van der Waals surface area contributed by atoms with Gasteiger partial charge in [-0.1, -0.05) is 0 Å². The van der Waals surface area contributed by atoms with Gasteiger partial charge in [-0.05, 0) is 6.92 Å². The van der Waals surface area contributed by atoms with Crippen LogP contribution in [0.5, 0.6) is 0 Å². The van der Waals surface area contributed by atoms with Crippen LogP contribution in [0.4, 0.5) is 5.69 Å². The lowest BCUT2D eigenvalue weighted by Gasteiger charge is -2.04. The van der Waals surface area contributed by atoms with Crippen LogP contribution in [0.1, 0.15) is 26.8 Å².